The first-order valence-corrected chi connectivity index (χ1v) is 5.05. The van der Waals surface area contributed by atoms with Gasteiger partial charge in [-0.3, -0.25) is 4.79 Å². The Bertz CT molecular complexity index is 337. The first-order valence-electron chi connectivity index (χ1n) is 4.14. The molecule has 14 heavy (non-hydrogen) atoms. The molecule has 0 heterocycles. The van der Waals surface area contributed by atoms with Crippen molar-refractivity contribution in [2.24, 2.45) is 0 Å². The lowest BCUT2D eigenvalue weighted by molar-refractivity contribution is 0.101. The van der Waals surface area contributed by atoms with E-state index < -0.39 is 0 Å². The molecule has 0 aromatic heterocycles. The molecular formula is C10H10Cl2O2. The normalized spacial score (nSPS) is 9.93. The molecule has 0 spiro atoms. The Hall–Kier alpha value is -0.730. The van der Waals surface area contributed by atoms with Gasteiger partial charge in [-0.1, -0.05) is 11.6 Å². The molecular weight excluding hydrogens is 223 g/mol. The minimum atomic E-state index is -0.0498. The van der Waals surface area contributed by atoms with E-state index in [4.69, 9.17) is 27.9 Å². The Morgan fingerprint density at radius 2 is 2.21 bits per heavy atom. The number of halogens is 2. The second-order valence-corrected chi connectivity index (χ2v) is 3.55. The molecule has 0 bridgehead atoms. The minimum absolute atomic E-state index is 0.0498. The summed E-state index contributed by atoms with van der Waals surface area (Å²) in [7, 11) is 0. The second-order valence-electron chi connectivity index (χ2n) is 2.73. The summed E-state index contributed by atoms with van der Waals surface area (Å²) in [5.74, 6) is 0.820. The largest absolute Gasteiger partial charge is 0.492 e. The van der Waals surface area contributed by atoms with Gasteiger partial charge >= 0.3 is 0 Å². The highest BCUT2D eigenvalue weighted by molar-refractivity contribution is 6.30. The van der Waals surface area contributed by atoms with E-state index >= 15 is 0 Å². The maximum Gasteiger partial charge on any atom is 0.163 e. The zero-order valence-corrected chi connectivity index (χ0v) is 9.23. The fourth-order valence-corrected chi connectivity index (χ4v) is 1.29. The summed E-state index contributed by atoms with van der Waals surface area (Å²) in [6, 6.07) is 4.92. The summed E-state index contributed by atoms with van der Waals surface area (Å²) in [6.07, 6.45) is 0. The predicted octanol–water partition coefficient (Wildman–Crippen LogP) is 3.16. The highest BCUT2D eigenvalue weighted by Gasteiger charge is 2.08. The molecule has 0 saturated heterocycles. The number of ketones is 1. The molecule has 0 saturated carbocycles. The highest BCUT2D eigenvalue weighted by atomic mass is 35.5. The van der Waals surface area contributed by atoms with Crippen molar-refractivity contribution in [1.82, 2.24) is 0 Å². The number of carbonyl (C=O) groups is 1. The van der Waals surface area contributed by atoms with Crippen molar-refractivity contribution in [3.63, 3.8) is 0 Å². The van der Waals surface area contributed by atoms with E-state index in [0.29, 0.717) is 28.8 Å². The van der Waals surface area contributed by atoms with Gasteiger partial charge < -0.3 is 4.74 Å². The summed E-state index contributed by atoms with van der Waals surface area (Å²) in [5, 5.41) is 0.541. The number of ether oxygens (including phenoxy) is 1. The second kappa shape index (κ2) is 5.23. The number of rotatable bonds is 4. The molecule has 0 N–H and O–H groups in total. The number of alkyl halides is 1. The zero-order chi connectivity index (χ0) is 10.6. The maximum atomic E-state index is 11.2. The van der Waals surface area contributed by atoms with Crippen molar-refractivity contribution in [3.05, 3.63) is 28.8 Å². The highest BCUT2D eigenvalue weighted by Crippen LogP contribution is 2.23. The standard InChI is InChI=1S/C10H10Cl2O2/c1-7(13)9-3-2-8(12)6-10(9)14-5-4-11/h2-3,6H,4-5H2,1H3. The lowest BCUT2D eigenvalue weighted by atomic mass is 10.1. The molecule has 1 aromatic carbocycles. The van der Waals surface area contributed by atoms with Gasteiger partial charge in [0, 0.05) is 5.02 Å². The molecule has 2 nitrogen and oxygen atoms in total. The van der Waals surface area contributed by atoms with Gasteiger partial charge in [0.1, 0.15) is 12.4 Å². The van der Waals surface area contributed by atoms with E-state index in [1.54, 1.807) is 18.2 Å². The van der Waals surface area contributed by atoms with Gasteiger partial charge in [0.25, 0.3) is 0 Å². The lowest BCUT2D eigenvalue weighted by Crippen LogP contribution is -2.03. The smallest absolute Gasteiger partial charge is 0.163 e. The number of benzene rings is 1. The molecule has 0 amide bonds. The first-order chi connectivity index (χ1) is 6.65. The van der Waals surface area contributed by atoms with Crippen LogP contribution in [0.3, 0.4) is 0 Å². The van der Waals surface area contributed by atoms with Crippen molar-refractivity contribution < 1.29 is 9.53 Å². The van der Waals surface area contributed by atoms with Crippen molar-refractivity contribution in [3.8, 4) is 5.75 Å². The molecule has 0 aliphatic heterocycles. The van der Waals surface area contributed by atoms with Crippen LogP contribution in [0, 0.1) is 0 Å². The van der Waals surface area contributed by atoms with E-state index in [1.165, 1.54) is 6.92 Å². The molecule has 0 radical (unpaired) electrons. The van der Waals surface area contributed by atoms with Crippen LogP contribution in [0.1, 0.15) is 17.3 Å². The molecule has 0 fully saturated rings. The Morgan fingerprint density at radius 3 is 2.79 bits per heavy atom. The van der Waals surface area contributed by atoms with Crippen LogP contribution in [0.5, 0.6) is 5.75 Å². The summed E-state index contributed by atoms with van der Waals surface area (Å²) in [4.78, 5) is 11.2. The Balaban J connectivity index is 2.97. The molecule has 1 aromatic rings. The number of Topliss-reactive ketones (excluding diaryl/α,β-unsaturated/α-hetero) is 1. The molecule has 0 atom stereocenters. The van der Waals surface area contributed by atoms with Crippen LogP contribution in [0.15, 0.2) is 18.2 Å². The molecule has 0 unspecified atom stereocenters. The molecule has 0 aliphatic rings. The van der Waals surface area contributed by atoms with Gasteiger partial charge in [0.2, 0.25) is 0 Å². The molecule has 0 aliphatic carbocycles. The van der Waals surface area contributed by atoms with Gasteiger partial charge in [0.05, 0.1) is 11.4 Å². The lowest BCUT2D eigenvalue weighted by Gasteiger charge is -2.08. The van der Waals surface area contributed by atoms with Gasteiger partial charge in [-0.15, -0.1) is 11.6 Å². The van der Waals surface area contributed by atoms with Crippen molar-refractivity contribution in [1.29, 1.82) is 0 Å². The topological polar surface area (TPSA) is 26.3 Å². The van der Waals surface area contributed by atoms with Crippen LogP contribution in [0.4, 0.5) is 0 Å². The van der Waals surface area contributed by atoms with Gasteiger partial charge in [0.15, 0.2) is 5.78 Å². The summed E-state index contributed by atoms with van der Waals surface area (Å²) in [5.41, 5.74) is 0.527. The van der Waals surface area contributed by atoms with Crippen molar-refractivity contribution in [2.75, 3.05) is 12.5 Å². The number of carbonyl (C=O) groups excluding carboxylic acids is 1. The van der Waals surface area contributed by atoms with Crippen LogP contribution in [0.25, 0.3) is 0 Å². The van der Waals surface area contributed by atoms with Crippen LogP contribution in [-0.4, -0.2) is 18.3 Å². The summed E-state index contributed by atoms with van der Waals surface area (Å²) < 4.78 is 5.29. The van der Waals surface area contributed by atoms with Gasteiger partial charge in [-0.2, -0.15) is 0 Å². The van der Waals surface area contributed by atoms with Crippen LogP contribution < -0.4 is 4.74 Å². The van der Waals surface area contributed by atoms with Crippen LogP contribution >= 0.6 is 23.2 Å². The fraction of sp³-hybridized carbons (Fsp3) is 0.300. The minimum Gasteiger partial charge on any atom is -0.492 e. The van der Waals surface area contributed by atoms with Crippen LogP contribution in [0.2, 0.25) is 5.02 Å². The SMILES string of the molecule is CC(=O)c1ccc(Cl)cc1OCCCl. The maximum absolute atomic E-state index is 11.2. The van der Waals surface area contributed by atoms with Gasteiger partial charge in [-0.25, -0.2) is 0 Å². The predicted molar refractivity (Wildman–Crippen MR) is 57.7 cm³/mol. The zero-order valence-electron chi connectivity index (χ0n) is 7.72. The summed E-state index contributed by atoms with van der Waals surface area (Å²) >= 11 is 11.3. The Kier molecular flexibility index (Phi) is 4.23. The first kappa shape index (κ1) is 11.3. The quantitative estimate of drug-likeness (QED) is 0.589. The average molecular weight is 233 g/mol. The third-order valence-electron chi connectivity index (χ3n) is 1.66. The molecule has 76 valence electrons. The number of hydrogen-bond donors (Lipinski definition) is 0. The third-order valence-corrected chi connectivity index (χ3v) is 2.05. The Morgan fingerprint density at radius 1 is 1.50 bits per heavy atom. The average Bonchev–Trinajstić information content (AvgIpc) is 2.14. The van der Waals surface area contributed by atoms with Crippen molar-refractivity contribution in [2.45, 2.75) is 6.92 Å². The van der Waals surface area contributed by atoms with E-state index in [0.717, 1.165) is 0 Å². The molecule has 4 heteroatoms. The van der Waals surface area contributed by atoms with Crippen molar-refractivity contribution >= 4 is 29.0 Å². The Labute approximate surface area is 92.8 Å². The van der Waals surface area contributed by atoms with Gasteiger partial charge in [-0.05, 0) is 25.1 Å². The van der Waals surface area contributed by atoms with E-state index in [2.05, 4.69) is 0 Å². The molecule has 1 rings (SSSR count). The summed E-state index contributed by atoms with van der Waals surface area (Å²) in [6.45, 7) is 1.85. The van der Waals surface area contributed by atoms with E-state index in [1.807, 2.05) is 0 Å². The van der Waals surface area contributed by atoms with Crippen LogP contribution in [-0.2, 0) is 0 Å². The van der Waals surface area contributed by atoms with E-state index in [-0.39, 0.29) is 5.78 Å². The fourth-order valence-electron chi connectivity index (χ4n) is 1.05. The number of hydrogen-bond acceptors (Lipinski definition) is 2. The third kappa shape index (κ3) is 2.89. The monoisotopic (exact) mass is 232 g/mol. The van der Waals surface area contributed by atoms with E-state index in [9.17, 15) is 4.79 Å².